The van der Waals surface area contributed by atoms with Crippen molar-refractivity contribution < 1.29 is 32.6 Å². The van der Waals surface area contributed by atoms with Crippen LogP contribution in [0.1, 0.15) is 78.0 Å². The summed E-state index contributed by atoms with van der Waals surface area (Å²) in [5, 5.41) is 0. The van der Waals surface area contributed by atoms with Crippen molar-refractivity contribution in [2.45, 2.75) is 84.8 Å². The quantitative estimate of drug-likeness (QED) is 0.374. The molecule has 8 nitrogen and oxygen atoms in total. The second kappa shape index (κ2) is 12.2. The molecule has 2 fully saturated rings. The molecular weight excluding hydrogens is 568 g/mol. The number of nitrogens with zero attached hydrogens (tertiary/aromatic N) is 3. The summed E-state index contributed by atoms with van der Waals surface area (Å²) in [5.41, 5.74) is 0.778. The number of carbonyl (C=O) groups excluding carboxylic acids is 2. The zero-order valence-corrected chi connectivity index (χ0v) is 26.6. The highest BCUT2D eigenvalue weighted by Crippen LogP contribution is 2.48. The van der Waals surface area contributed by atoms with Crippen LogP contribution < -0.4 is 9.47 Å². The minimum Gasteiger partial charge on any atom is -0.444 e. The molecule has 240 valence electrons. The molecule has 2 amide bonds. The molecule has 0 aliphatic carbocycles. The van der Waals surface area contributed by atoms with Crippen LogP contribution in [-0.4, -0.2) is 77.4 Å². The van der Waals surface area contributed by atoms with Gasteiger partial charge in [-0.3, -0.25) is 9.69 Å². The van der Waals surface area contributed by atoms with Gasteiger partial charge in [0.2, 0.25) is 5.91 Å². The summed E-state index contributed by atoms with van der Waals surface area (Å²) in [6.07, 6.45) is -2.07. The summed E-state index contributed by atoms with van der Waals surface area (Å²) in [7, 11) is 0. The highest BCUT2D eigenvalue weighted by molar-refractivity contribution is 5.77. The van der Waals surface area contributed by atoms with E-state index in [0.29, 0.717) is 44.7 Å². The third-order valence-electron chi connectivity index (χ3n) is 8.70. The normalized spacial score (nSPS) is 21.7. The fourth-order valence-corrected chi connectivity index (χ4v) is 6.52. The maximum absolute atomic E-state index is 14.2. The molecule has 3 aliphatic heterocycles. The second-order valence-electron chi connectivity index (χ2n) is 14.2. The number of piperazine rings is 1. The maximum Gasteiger partial charge on any atom is 0.586 e. The van der Waals surface area contributed by atoms with Crippen molar-refractivity contribution in [3.8, 4) is 11.5 Å². The molecule has 0 radical (unpaired) electrons. The van der Waals surface area contributed by atoms with Gasteiger partial charge in [0.05, 0.1) is 6.04 Å². The van der Waals surface area contributed by atoms with Gasteiger partial charge in [-0.25, -0.2) is 4.79 Å². The van der Waals surface area contributed by atoms with Crippen LogP contribution in [0.4, 0.5) is 13.6 Å². The Morgan fingerprint density at radius 1 is 0.932 bits per heavy atom. The summed E-state index contributed by atoms with van der Waals surface area (Å²) in [6.45, 7) is 14.8. The maximum atomic E-state index is 14.2. The Hall–Kier alpha value is -3.40. The summed E-state index contributed by atoms with van der Waals surface area (Å²) in [4.78, 5) is 32.4. The molecule has 0 aromatic heterocycles. The molecule has 1 unspecified atom stereocenters. The number of carbonyl (C=O) groups is 2. The van der Waals surface area contributed by atoms with Crippen molar-refractivity contribution in [3.63, 3.8) is 0 Å². The predicted molar refractivity (Wildman–Crippen MR) is 163 cm³/mol. The molecule has 44 heavy (non-hydrogen) atoms. The molecule has 3 heterocycles. The molecular formula is C34H45F2N3O5. The highest BCUT2D eigenvalue weighted by atomic mass is 19.3. The summed E-state index contributed by atoms with van der Waals surface area (Å²) in [6, 6.07) is 14.3. The molecule has 5 rings (SSSR count). The van der Waals surface area contributed by atoms with Crippen LogP contribution in [0, 0.1) is 11.3 Å². The van der Waals surface area contributed by atoms with Crippen molar-refractivity contribution in [2.75, 3.05) is 32.7 Å². The predicted octanol–water partition coefficient (Wildman–Crippen LogP) is 6.69. The summed E-state index contributed by atoms with van der Waals surface area (Å²) in [5.74, 6) is 0.387. The lowest BCUT2D eigenvalue weighted by molar-refractivity contribution is -0.287. The first-order valence-electron chi connectivity index (χ1n) is 15.6. The van der Waals surface area contributed by atoms with Crippen LogP contribution >= 0.6 is 0 Å². The Balaban J connectivity index is 1.32. The molecule has 0 saturated carbocycles. The van der Waals surface area contributed by atoms with Crippen molar-refractivity contribution in [3.05, 3.63) is 59.7 Å². The Morgan fingerprint density at radius 3 is 2.25 bits per heavy atom. The largest absolute Gasteiger partial charge is 0.586 e. The fraction of sp³-hybridized carbons (Fsp3) is 0.588. The lowest BCUT2D eigenvalue weighted by atomic mass is 9.82. The molecule has 0 spiro atoms. The second-order valence-corrected chi connectivity index (χ2v) is 14.2. The first-order valence-corrected chi connectivity index (χ1v) is 15.6. The van der Waals surface area contributed by atoms with Gasteiger partial charge >= 0.3 is 12.4 Å². The average molecular weight is 614 g/mol. The number of amides is 2. The standard InChI is InChI=1S/C34H45F2N3O5/c1-32(2,3)27-22-38(19-20-39(27)28(40)21-23-15-17-37(18-16-23)31(41)44-33(4,5)6)29(24-11-8-7-9-12-24)25-13-10-14-26-30(25)43-34(35,36)42-26/h7-14,23,27,29H,15-22H2,1-6H3/t27-,29?/m1/s1. The number of fused-ring (bicyclic) bond motifs is 1. The molecule has 3 aliphatic rings. The van der Waals surface area contributed by atoms with E-state index < -0.39 is 11.9 Å². The van der Waals surface area contributed by atoms with Gasteiger partial charge in [0.15, 0.2) is 11.5 Å². The molecule has 0 N–H and O–H groups in total. The number of alkyl halides is 2. The van der Waals surface area contributed by atoms with Gasteiger partial charge in [-0.15, -0.1) is 8.78 Å². The summed E-state index contributed by atoms with van der Waals surface area (Å²) < 4.78 is 43.7. The Kier molecular flexibility index (Phi) is 8.86. The molecule has 10 heteroatoms. The van der Waals surface area contributed by atoms with Crippen LogP contribution in [0.2, 0.25) is 0 Å². The van der Waals surface area contributed by atoms with Gasteiger partial charge in [-0.1, -0.05) is 63.2 Å². The van der Waals surface area contributed by atoms with Crippen LogP contribution in [-0.2, 0) is 9.53 Å². The van der Waals surface area contributed by atoms with E-state index in [1.807, 2.05) is 62.1 Å². The molecule has 2 aromatic carbocycles. The van der Waals surface area contributed by atoms with Crippen molar-refractivity contribution in [1.82, 2.24) is 14.7 Å². The number of hydrogen-bond acceptors (Lipinski definition) is 6. The number of benzene rings is 2. The van der Waals surface area contributed by atoms with E-state index in [1.54, 1.807) is 11.0 Å². The number of ether oxygens (including phenoxy) is 3. The SMILES string of the molecule is CC(C)(C)OC(=O)N1CCC(CC(=O)N2CCN(C(c3ccccc3)c3cccc4c3OC(F)(F)O4)C[C@@H]2C(C)(C)C)CC1. The van der Waals surface area contributed by atoms with E-state index in [9.17, 15) is 18.4 Å². The lowest BCUT2D eigenvalue weighted by Gasteiger charge is -2.50. The zero-order valence-electron chi connectivity index (χ0n) is 26.6. The van der Waals surface area contributed by atoms with Gasteiger partial charge in [0.25, 0.3) is 0 Å². The number of para-hydroxylation sites is 1. The molecule has 2 atom stereocenters. The Bertz CT molecular complexity index is 1330. The number of hydrogen-bond donors (Lipinski definition) is 0. The smallest absolute Gasteiger partial charge is 0.444 e. The van der Waals surface area contributed by atoms with Crippen molar-refractivity contribution >= 4 is 12.0 Å². The number of halogens is 2. The monoisotopic (exact) mass is 613 g/mol. The minimum absolute atomic E-state index is 0.0207. The minimum atomic E-state index is -3.72. The van der Waals surface area contributed by atoms with Gasteiger partial charge in [-0.05, 0) is 56.6 Å². The van der Waals surface area contributed by atoms with E-state index in [0.717, 1.165) is 18.4 Å². The van der Waals surface area contributed by atoms with E-state index in [-0.39, 0.29) is 46.9 Å². The van der Waals surface area contributed by atoms with Crippen LogP contribution in [0.5, 0.6) is 11.5 Å². The van der Waals surface area contributed by atoms with E-state index in [1.165, 1.54) is 6.07 Å². The molecule has 2 saturated heterocycles. The van der Waals surface area contributed by atoms with Gasteiger partial charge in [-0.2, -0.15) is 0 Å². The third-order valence-corrected chi connectivity index (χ3v) is 8.70. The van der Waals surface area contributed by atoms with Crippen molar-refractivity contribution in [1.29, 1.82) is 0 Å². The van der Waals surface area contributed by atoms with E-state index in [2.05, 4.69) is 25.7 Å². The first-order chi connectivity index (χ1) is 20.6. The molecule has 0 bridgehead atoms. The first kappa shape index (κ1) is 32.0. The van der Waals surface area contributed by atoms with Crippen LogP contribution in [0.15, 0.2) is 48.5 Å². The third kappa shape index (κ3) is 7.28. The average Bonchev–Trinajstić information content (AvgIpc) is 3.27. The number of likely N-dealkylation sites (tertiary alicyclic amines) is 1. The highest BCUT2D eigenvalue weighted by Gasteiger charge is 2.47. The van der Waals surface area contributed by atoms with Gasteiger partial charge in [0, 0.05) is 50.7 Å². The van der Waals surface area contributed by atoms with Crippen molar-refractivity contribution in [2.24, 2.45) is 11.3 Å². The number of rotatable bonds is 5. The van der Waals surface area contributed by atoms with Crippen LogP contribution in [0.3, 0.4) is 0 Å². The lowest BCUT2D eigenvalue weighted by Crippen LogP contribution is -2.60. The van der Waals surface area contributed by atoms with Crippen LogP contribution in [0.25, 0.3) is 0 Å². The number of piperidine rings is 1. The van der Waals surface area contributed by atoms with E-state index in [4.69, 9.17) is 14.2 Å². The fourth-order valence-electron chi connectivity index (χ4n) is 6.52. The van der Waals surface area contributed by atoms with Gasteiger partial charge < -0.3 is 24.0 Å². The topological polar surface area (TPSA) is 71.6 Å². The Labute approximate surface area is 259 Å². The Morgan fingerprint density at radius 2 is 1.61 bits per heavy atom. The zero-order chi connectivity index (χ0) is 31.9. The molecule has 2 aromatic rings. The summed E-state index contributed by atoms with van der Waals surface area (Å²) >= 11 is 0. The van der Waals surface area contributed by atoms with Gasteiger partial charge in [0.1, 0.15) is 5.60 Å². The van der Waals surface area contributed by atoms with E-state index >= 15 is 0 Å².